The third-order valence-electron chi connectivity index (χ3n) is 3.49. The van der Waals surface area contributed by atoms with Crippen LogP contribution in [0.5, 0.6) is 0 Å². The monoisotopic (exact) mass is 291 g/mol. The van der Waals surface area contributed by atoms with Crippen LogP contribution in [0.15, 0.2) is 24.3 Å². The van der Waals surface area contributed by atoms with E-state index >= 15 is 0 Å². The number of hydrogen-bond acceptors (Lipinski definition) is 4. The second-order valence-corrected chi connectivity index (χ2v) is 4.99. The summed E-state index contributed by atoms with van der Waals surface area (Å²) in [5.74, 6) is 0.0725. The molecule has 6 heteroatoms. The van der Waals surface area contributed by atoms with Gasteiger partial charge in [-0.3, -0.25) is 4.79 Å². The number of anilines is 1. The first kappa shape index (κ1) is 15.2. The Morgan fingerprint density at radius 3 is 2.24 bits per heavy atom. The fraction of sp³-hybridized carbons (Fsp3) is 0.467. The van der Waals surface area contributed by atoms with Gasteiger partial charge in [-0.2, -0.15) is 0 Å². The molecule has 0 atom stereocenters. The highest BCUT2D eigenvalue weighted by molar-refractivity contribution is 5.79. The van der Waals surface area contributed by atoms with Gasteiger partial charge in [0.05, 0.1) is 13.0 Å². The van der Waals surface area contributed by atoms with Crippen LogP contribution < -0.4 is 5.73 Å². The van der Waals surface area contributed by atoms with Crippen molar-refractivity contribution in [1.29, 1.82) is 0 Å². The summed E-state index contributed by atoms with van der Waals surface area (Å²) in [6, 6.07) is 7.31. The highest BCUT2D eigenvalue weighted by atomic mass is 16.6. The average molecular weight is 291 g/mol. The molecule has 0 radical (unpaired) electrons. The number of piperazine rings is 1. The third kappa shape index (κ3) is 4.11. The highest BCUT2D eigenvalue weighted by Gasteiger charge is 2.24. The van der Waals surface area contributed by atoms with E-state index in [2.05, 4.69) is 0 Å². The van der Waals surface area contributed by atoms with Crippen LogP contribution in [0, 0.1) is 0 Å². The van der Waals surface area contributed by atoms with E-state index in [1.807, 2.05) is 12.1 Å². The number of nitrogens with zero attached hydrogens (tertiary/aromatic N) is 2. The molecular formula is C15H21N3O3. The minimum Gasteiger partial charge on any atom is -0.450 e. The Hall–Kier alpha value is -2.24. The number of carbonyl (C=O) groups excluding carboxylic acids is 2. The maximum Gasteiger partial charge on any atom is 0.409 e. The van der Waals surface area contributed by atoms with E-state index in [0.29, 0.717) is 44.9 Å². The number of carbonyl (C=O) groups is 2. The van der Waals surface area contributed by atoms with E-state index in [0.717, 1.165) is 5.56 Å². The van der Waals surface area contributed by atoms with Crippen LogP contribution in [0.2, 0.25) is 0 Å². The molecule has 2 N–H and O–H groups in total. The first-order valence-corrected chi connectivity index (χ1v) is 7.14. The zero-order valence-corrected chi connectivity index (χ0v) is 12.2. The quantitative estimate of drug-likeness (QED) is 0.847. The van der Waals surface area contributed by atoms with Gasteiger partial charge < -0.3 is 20.3 Å². The van der Waals surface area contributed by atoms with E-state index in [9.17, 15) is 9.59 Å². The molecule has 0 aromatic heterocycles. The molecule has 21 heavy (non-hydrogen) atoms. The first-order valence-electron chi connectivity index (χ1n) is 7.14. The van der Waals surface area contributed by atoms with Gasteiger partial charge in [-0.25, -0.2) is 4.79 Å². The lowest BCUT2D eigenvalue weighted by Gasteiger charge is -2.34. The normalized spacial score (nSPS) is 14.9. The van der Waals surface area contributed by atoms with E-state index < -0.39 is 0 Å². The summed E-state index contributed by atoms with van der Waals surface area (Å²) in [4.78, 5) is 27.2. The Morgan fingerprint density at radius 2 is 1.67 bits per heavy atom. The van der Waals surface area contributed by atoms with Crippen molar-refractivity contribution in [1.82, 2.24) is 9.80 Å². The summed E-state index contributed by atoms with van der Waals surface area (Å²) < 4.78 is 4.96. The number of rotatable bonds is 3. The summed E-state index contributed by atoms with van der Waals surface area (Å²) in [7, 11) is 0. The lowest BCUT2D eigenvalue weighted by molar-refractivity contribution is -0.132. The van der Waals surface area contributed by atoms with Gasteiger partial charge in [-0.1, -0.05) is 12.1 Å². The van der Waals surface area contributed by atoms with Crippen LogP contribution in [0.25, 0.3) is 0 Å². The van der Waals surface area contributed by atoms with Crippen molar-refractivity contribution >= 4 is 17.7 Å². The molecule has 114 valence electrons. The Balaban J connectivity index is 1.83. The number of benzene rings is 1. The third-order valence-corrected chi connectivity index (χ3v) is 3.49. The van der Waals surface area contributed by atoms with Crippen molar-refractivity contribution in [2.24, 2.45) is 0 Å². The van der Waals surface area contributed by atoms with Crippen molar-refractivity contribution in [3.8, 4) is 0 Å². The van der Waals surface area contributed by atoms with Gasteiger partial charge in [0.15, 0.2) is 0 Å². The largest absolute Gasteiger partial charge is 0.450 e. The number of amides is 2. The van der Waals surface area contributed by atoms with E-state index in [1.165, 1.54) is 0 Å². The topological polar surface area (TPSA) is 75.9 Å². The van der Waals surface area contributed by atoms with Gasteiger partial charge in [-0.15, -0.1) is 0 Å². The Labute approximate surface area is 124 Å². The van der Waals surface area contributed by atoms with Crippen LogP contribution in [0.3, 0.4) is 0 Å². The van der Waals surface area contributed by atoms with Crippen molar-refractivity contribution in [2.75, 3.05) is 38.5 Å². The zero-order valence-electron chi connectivity index (χ0n) is 12.2. The maximum absolute atomic E-state index is 12.2. The molecule has 1 aliphatic rings. The van der Waals surface area contributed by atoms with Crippen molar-refractivity contribution < 1.29 is 14.3 Å². The predicted molar refractivity (Wildman–Crippen MR) is 79.7 cm³/mol. The summed E-state index contributed by atoms with van der Waals surface area (Å²) in [6.45, 7) is 4.29. The SMILES string of the molecule is CCOC(=O)N1CCN(C(=O)Cc2ccc(N)cc2)CC1. The molecule has 0 unspecified atom stereocenters. The molecule has 0 aliphatic carbocycles. The van der Waals surface area contributed by atoms with Crippen molar-refractivity contribution in [3.05, 3.63) is 29.8 Å². The van der Waals surface area contributed by atoms with Gasteiger partial charge in [0.25, 0.3) is 0 Å². The summed E-state index contributed by atoms with van der Waals surface area (Å²) in [6.07, 6.45) is 0.0581. The number of nitrogens with two attached hydrogens (primary N) is 1. The molecule has 2 amide bonds. The molecule has 0 saturated carbocycles. The molecule has 2 rings (SSSR count). The number of hydrogen-bond donors (Lipinski definition) is 1. The lowest BCUT2D eigenvalue weighted by Crippen LogP contribution is -2.51. The average Bonchev–Trinajstić information content (AvgIpc) is 2.50. The molecule has 1 aromatic carbocycles. The van der Waals surface area contributed by atoms with E-state index in [4.69, 9.17) is 10.5 Å². The highest BCUT2D eigenvalue weighted by Crippen LogP contribution is 2.10. The van der Waals surface area contributed by atoms with Gasteiger partial charge >= 0.3 is 6.09 Å². The van der Waals surface area contributed by atoms with Gasteiger partial charge in [0, 0.05) is 31.9 Å². The Kier molecular flexibility index (Phi) is 5.03. The minimum atomic E-state index is -0.303. The fourth-order valence-electron chi connectivity index (χ4n) is 2.28. The molecule has 1 fully saturated rings. The molecule has 1 aliphatic heterocycles. The number of nitrogen functional groups attached to an aromatic ring is 1. The molecule has 0 bridgehead atoms. The van der Waals surface area contributed by atoms with Crippen molar-refractivity contribution in [2.45, 2.75) is 13.3 Å². The second-order valence-electron chi connectivity index (χ2n) is 4.99. The summed E-state index contributed by atoms with van der Waals surface area (Å²) >= 11 is 0. The van der Waals surface area contributed by atoms with Crippen molar-refractivity contribution in [3.63, 3.8) is 0 Å². The smallest absolute Gasteiger partial charge is 0.409 e. The van der Waals surface area contributed by atoms with E-state index in [1.54, 1.807) is 28.9 Å². The van der Waals surface area contributed by atoms with Gasteiger partial charge in [-0.05, 0) is 24.6 Å². The predicted octanol–water partition coefficient (Wildman–Crippen LogP) is 1.11. The van der Waals surface area contributed by atoms with Gasteiger partial charge in [0.2, 0.25) is 5.91 Å². The molecule has 1 aromatic rings. The second kappa shape index (κ2) is 6.97. The summed E-state index contributed by atoms with van der Waals surface area (Å²) in [5, 5.41) is 0. The molecule has 1 saturated heterocycles. The van der Waals surface area contributed by atoms with Crippen LogP contribution in [-0.2, 0) is 16.0 Å². The lowest BCUT2D eigenvalue weighted by atomic mass is 10.1. The molecule has 6 nitrogen and oxygen atoms in total. The minimum absolute atomic E-state index is 0.0725. The Bertz CT molecular complexity index is 493. The van der Waals surface area contributed by atoms with Crippen LogP contribution in [-0.4, -0.2) is 54.6 Å². The fourth-order valence-corrected chi connectivity index (χ4v) is 2.28. The molecular weight excluding hydrogens is 270 g/mol. The van der Waals surface area contributed by atoms with Gasteiger partial charge in [0.1, 0.15) is 0 Å². The summed E-state index contributed by atoms with van der Waals surface area (Å²) in [5.41, 5.74) is 7.26. The van der Waals surface area contributed by atoms with Crippen LogP contribution >= 0.6 is 0 Å². The first-order chi connectivity index (χ1) is 10.1. The molecule has 0 spiro atoms. The van der Waals surface area contributed by atoms with E-state index in [-0.39, 0.29) is 12.0 Å². The molecule has 1 heterocycles. The maximum atomic E-state index is 12.2. The zero-order chi connectivity index (χ0) is 15.2. The van der Waals surface area contributed by atoms with Crippen LogP contribution in [0.4, 0.5) is 10.5 Å². The standard InChI is InChI=1S/C15H21N3O3/c1-2-21-15(20)18-9-7-17(8-10-18)14(19)11-12-3-5-13(16)6-4-12/h3-6H,2,7-11,16H2,1H3. The van der Waals surface area contributed by atoms with Crippen LogP contribution in [0.1, 0.15) is 12.5 Å². The Morgan fingerprint density at radius 1 is 1.10 bits per heavy atom. The number of ether oxygens (including phenoxy) is 1.